The van der Waals surface area contributed by atoms with Crippen LogP contribution in [-0.4, -0.2) is 19.0 Å². The molecule has 1 aromatic heterocycles. The molecule has 0 aliphatic rings. The Morgan fingerprint density at radius 3 is 2.88 bits per heavy atom. The van der Waals surface area contributed by atoms with Crippen molar-refractivity contribution >= 4 is 21.8 Å². The molecule has 0 fully saturated rings. The van der Waals surface area contributed by atoms with Gasteiger partial charge in [0, 0.05) is 6.54 Å². The Bertz CT molecular complexity index is 338. The Morgan fingerprint density at radius 1 is 1.56 bits per heavy atom. The van der Waals surface area contributed by atoms with Crippen molar-refractivity contribution in [1.29, 1.82) is 0 Å². The van der Waals surface area contributed by atoms with Crippen molar-refractivity contribution in [2.75, 3.05) is 13.1 Å². The highest BCUT2D eigenvalue weighted by Crippen LogP contribution is 2.19. The molecule has 0 saturated heterocycles. The van der Waals surface area contributed by atoms with Gasteiger partial charge in [-0.15, -0.1) is 0 Å². The predicted molar refractivity (Wildman–Crippen MR) is 66.1 cm³/mol. The van der Waals surface area contributed by atoms with E-state index in [0.717, 1.165) is 18.7 Å². The second-order valence-corrected chi connectivity index (χ2v) is 4.38. The third-order valence-corrected chi connectivity index (χ3v) is 2.59. The second-order valence-electron chi connectivity index (χ2n) is 3.59. The lowest BCUT2D eigenvalue weighted by Gasteiger charge is -2.10. The summed E-state index contributed by atoms with van der Waals surface area (Å²) in [6.07, 6.45) is 0.951. The van der Waals surface area contributed by atoms with E-state index in [1.807, 2.05) is 26.0 Å². The summed E-state index contributed by atoms with van der Waals surface area (Å²) < 4.78 is 6.08. The van der Waals surface area contributed by atoms with Crippen LogP contribution in [0.4, 0.5) is 0 Å². The molecular formula is C11H17BrN2O2. The van der Waals surface area contributed by atoms with Gasteiger partial charge in [0.2, 0.25) is 5.91 Å². The summed E-state index contributed by atoms with van der Waals surface area (Å²) in [5.74, 6) is 0.828. The van der Waals surface area contributed by atoms with E-state index in [4.69, 9.17) is 4.42 Å². The molecule has 0 saturated carbocycles. The molecule has 0 aromatic carbocycles. The molecular weight excluding hydrogens is 272 g/mol. The fourth-order valence-corrected chi connectivity index (χ4v) is 1.55. The Labute approximate surface area is 104 Å². The summed E-state index contributed by atoms with van der Waals surface area (Å²) in [4.78, 5) is 11.3. The van der Waals surface area contributed by atoms with Gasteiger partial charge in [-0.3, -0.25) is 10.1 Å². The average Bonchev–Trinajstić information content (AvgIpc) is 2.69. The molecule has 0 radical (unpaired) electrons. The summed E-state index contributed by atoms with van der Waals surface area (Å²) in [6.45, 7) is 5.01. The largest absolute Gasteiger partial charge is 0.453 e. The lowest BCUT2D eigenvalue weighted by Crippen LogP contribution is -2.35. The van der Waals surface area contributed by atoms with Gasteiger partial charge in [0.05, 0.1) is 12.6 Å². The van der Waals surface area contributed by atoms with Crippen LogP contribution in [0.25, 0.3) is 0 Å². The first-order valence-corrected chi connectivity index (χ1v) is 6.18. The summed E-state index contributed by atoms with van der Waals surface area (Å²) in [5, 5.41) is 5.90. The van der Waals surface area contributed by atoms with Crippen molar-refractivity contribution in [3.63, 3.8) is 0 Å². The minimum atomic E-state index is 0.0133. The molecule has 2 N–H and O–H groups in total. The van der Waals surface area contributed by atoms with Crippen molar-refractivity contribution in [2.24, 2.45) is 0 Å². The van der Waals surface area contributed by atoms with Crippen LogP contribution in [0.1, 0.15) is 32.1 Å². The molecule has 90 valence electrons. The van der Waals surface area contributed by atoms with Crippen molar-refractivity contribution in [3.8, 4) is 0 Å². The smallest absolute Gasteiger partial charge is 0.233 e. The first-order chi connectivity index (χ1) is 7.63. The van der Waals surface area contributed by atoms with Crippen molar-refractivity contribution < 1.29 is 9.21 Å². The standard InChI is InChI=1S/C11H17BrN2O2/c1-3-6-13-11(15)7-14-8(2)9-4-5-10(12)16-9/h4-5,8,14H,3,6-7H2,1-2H3,(H,13,15). The third-order valence-electron chi connectivity index (χ3n) is 2.16. The topological polar surface area (TPSA) is 54.3 Å². The molecule has 5 heteroatoms. The van der Waals surface area contributed by atoms with Crippen LogP contribution in [0.2, 0.25) is 0 Å². The molecule has 0 aliphatic carbocycles. The second kappa shape index (κ2) is 6.70. The van der Waals surface area contributed by atoms with E-state index >= 15 is 0 Å². The molecule has 1 amide bonds. The van der Waals surface area contributed by atoms with Crippen LogP contribution in [0.5, 0.6) is 0 Å². The van der Waals surface area contributed by atoms with Gasteiger partial charge in [-0.25, -0.2) is 0 Å². The molecule has 0 aliphatic heterocycles. The monoisotopic (exact) mass is 288 g/mol. The van der Waals surface area contributed by atoms with Crippen LogP contribution in [-0.2, 0) is 4.79 Å². The Morgan fingerprint density at radius 2 is 2.31 bits per heavy atom. The lowest BCUT2D eigenvalue weighted by molar-refractivity contribution is -0.120. The Hall–Kier alpha value is -0.810. The zero-order chi connectivity index (χ0) is 12.0. The number of nitrogens with one attached hydrogen (secondary N) is 2. The highest BCUT2D eigenvalue weighted by Gasteiger charge is 2.10. The normalized spacial score (nSPS) is 12.4. The van der Waals surface area contributed by atoms with E-state index < -0.39 is 0 Å². The number of halogens is 1. The van der Waals surface area contributed by atoms with Gasteiger partial charge in [-0.2, -0.15) is 0 Å². The average molecular weight is 289 g/mol. The van der Waals surface area contributed by atoms with Gasteiger partial charge in [0.1, 0.15) is 5.76 Å². The molecule has 16 heavy (non-hydrogen) atoms. The van der Waals surface area contributed by atoms with Gasteiger partial charge in [0.15, 0.2) is 4.67 Å². The third kappa shape index (κ3) is 4.37. The van der Waals surface area contributed by atoms with E-state index in [-0.39, 0.29) is 11.9 Å². The maximum atomic E-state index is 11.3. The summed E-state index contributed by atoms with van der Waals surface area (Å²) in [5.41, 5.74) is 0. The number of hydrogen-bond donors (Lipinski definition) is 2. The highest BCUT2D eigenvalue weighted by molar-refractivity contribution is 9.10. The Balaban J connectivity index is 2.29. The summed E-state index contributed by atoms with van der Waals surface area (Å²) in [6, 6.07) is 3.75. The molecule has 1 aromatic rings. The van der Waals surface area contributed by atoms with Gasteiger partial charge in [0.25, 0.3) is 0 Å². The summed E-state index contributed by atoms with van der Waals surface area (Å²) in [7, 11) is 0. The minimum Gasteiger partial charge on any atom is -0.453 e. The molecule has 4 nitrogen and oxygen atoms in total. The van der Waals surface area contributed by atoms with E-state index in [2.05, 4.69) is 26.6 Å². The molecule has 1 unspecified atom stereocenters. The number of furan rings is 1. The fourth-order valence-electron chi connectivity index (χ4n) is 1.23. The van der Waals surface area contributed by atoms with Crippen LogP contribution in [0.15, 0.2) is 21.2 Å². The van der Waals surface area contributed by atoms with Crippen molar-refractivity contribution in [3.05, 3.63) is 22.6 Å². The van der Waals surface area contributed by atoms with Gasteiger partial charge < -0.3 is 9.73 Å². The number of carbonyl (C=O) groups is 1. The minimum absolute atomic E-state index is 0.0133. The molecule has 1 atom stereocenters. The molecule has 1 rings (SSSR count). The van der Waals surface area contributed by atoms with Crippen molar-refractivity contribution in [2.45, 2.75) is 26.3 Å². The first kappa shape index (κ1) is 13.3. The number of rotatable bonds is 6. The van der Waals surface area contributed by atoms with Crippen LogP contribution < -0.4 is 10.6 Å². The SMILES string of the molecule is CCCNC(=O)CNC(C)c1ccc(Br)o1. The fraction of sp³-hybridized carbons (Fsp3) is 0.545. The molecule has 1 heterocycles. The van der Waals surface area contributed by atoms with Crippen LogP contribution in [0, 0.1) is 0 Å². The highest BCUT2D eigenvalue weighted by atomic mass is 79.9. The number of carbonyl (C=O) groups excluding carboxylic acids is 1. The van der Waals surface area contributed by atoms with E-state index in [9.17, 15) is 4.79 Å². The zero-order valence-corrected chi connectivity index (χ0v) is 11.1. The molecule has 0 bridgehead atoms. The predicted octanol–water partition coefficient (Wildman–Crippen LogP) is 2.22. The van der Waals surface area contributed by atoms with Crippen LogP contribution in [0.3, 0.4) is 0 Å². The van der Waals surface area contributed by atoms with Gasteiger partial charge >= 0.3 is 0 Å². The zero-order valence-electron chi connectivity index (χ0n) is 9.55. The number of hydrogen-bond acceptors (Lipinski definition) is 3. The maximum absolute atomic E-state index is 11.3. The van der Waals surface area contributed by atoms with Gasteiger partial charge in [-0.1, -0.05) is 6.92 Å². The molecule has 0 spiro atoms. The van der Waals surface area contributed by atoms with Gasteiger partial charge in [-0.05, 0) is 41.4 Å². The van der Waals surface area contributed by atoms with E-state index in [1.54, 1.807) is 0 Å². The van der Waals surface area contributed by atoms with Crippen molar-refractivity contribution in [1.82, 2.24) is 10.6 Å². The number of amides is 1. The lowest BCUT2D eigenvalue weighted by atomic mass is 10.2. The van der Waals surface area contributed by atoms with Crippen LogP contribution >= 0.6 is 15.9 Å². The quantitative estimate of drug-likeness (QED) is 0.844. The maximum Gasteiger partial charge on any atom is 0.233 e. The first-order valence-electron chi connectivity index (χ1n) is 5.38. The summed E-state index contributed by atoms with van der Waals surface area (Å²) >= 11 is 3.24. The Kier molecular flexibility index (Phi) is 5.55. The van der Waals surface area contributed by atoms with E-state index in [0.29, 0.717) is 11.2 Å². The van der Waals surface area contributed by atoms with E-state index in [1.165, 1.54) is 0 Å².